The normalized spacial score (nSPS) is 11.0. The van der Waals surface area contributed by atoms with Gasteiger partial charge in [-0.1, -0.05) is 17.7 Å². The Bertz CT molecular complexity index is 552. The summed E-state index contributed by atoms with van der Waals surface area (Å²) in [5, 5.41) is 5.91. The van der Waals surface area contributed by atoms with E-state index in [0.29, 0.717) is 5.56 Å². The molecule has 122 valence electrons. The van der Waals surface area contributed by atoms with Crippen LogP contribution in [0.1, 0.15) is 5.56 Å². The zero-order valence-corrected chi connectivity index (χ0v) is 11.8. The molecule has 0 atom stereocenters. The molecule has 3 N–H and O–H groups in total. The average molecular weight is 342 g/mol. The number of rotatable bonds is 5. The third kappa shape index (κ3) is 7.11. The maximum atomic E-state index is 12.9. The molecule has 0 fully saturated rings. The Morgan fingerprint density at radius 1 is 1.14 bits per heavy atom. The van der Waals surface area contributed by atoms with Gasteiger partial charge in [0.1, 0.15) is 12.4 Å². The first kappa shape index (κ1) is 18.0. The first-order valence-electron chi connectivity index (χ1n) is 5.96. The monoisotopic (exact) mass is 341 g/mol. The number of nitrogens with one attached hydrogen (secondary N) is 3. The summed E-state index contributed by atoms with van der Waals surface area (Å²) in [6.07, 6.45) is -4.51. The van der Waals surface area contributed by atoms with Crippen molar-refractivity contribution < 1.29 is 27.2 Å². The number of carbonyl (C=O) groups is 2. The van der Waals surface area contributed by atoms with Gasteiger partial charge in [0.2, 0.25) is 5.91 Å². The van der Waals surface area contributed by atoms with Gasteiger partial charge < -0.3 is 16.0 Å². The van der Waals surface area contributed by atoms with Crippen LogP contribution in [0.5, 0.6) is 0 Å². The maximum Gasteiger partial charge on any atom is 0.405 e. The SMILES string of the molecule is O=C(CNC(=O)NCc1ccc(F)c(Cl)c1)NCC(F)(F)F. The van der Waals surface area contributed by atoms with Gasteiger partial charge in [0.15, 0.2) is 0 Å². The summed E-state index contributed by atoms with van der Waals surface area (Å²) >= 11 is 5.56. The molecule has 0 aliphatic rings. The molecule has 1 rings (SSSR count). The number of hydrogen-bond acceptors (Lipinski definition) is 2. The van der Waals surface area contributed by atoms with E-state index in [-0.39, 0.29) is 11.6 Å². The van der Waals surface area contributed by atoms with Gasteiger partial charge in [-0.3, -0.25) is 4.79 Å². The van der Waals surface area contributed by atoms with Crippen LogP contribution in [-0.2, 0) is 11.3 Å². The predicted molar refractivity (Wildman–Crippen MR) is 70.7 cm³/mol. The Balaban J connectivity index is 2.28. The van der Waals surface area contributed by atoms with Crippen LogP contribution in [0.2, 0.25) is 5.02 Å². The van der Waals surface area contributed by atoms with Crippen molar-refractivity contribution in [3.63, 3.8) is 0 Å². The molecule has 0 aliphatic carbocycles. The predicted octanol–water partition coefficient (Wildman–Crippen LogP) is 1.96. The fourth-order valence-electron chi connectivity index (χ4n) is 1.32. The number of carbonyl (C=O) groups excluding carboxylic acids is 2. The van der Waals surface area contributed by atoms with Crippen LogP contribution in [0.4, 0.5) is 22.4 Å². The highest BCUT2D eigenvalue weighted by atomic mass is 35.5. The summed E-state index contributed by atoms with van der Waals surface area (Å²) < 4.78 is 48.4. The average Bonchev–Trinajstić information content (AvgIpc) is 2.43. The van der Waals surface area contributed by atoms with Gasteiger partial charge in [0, 0.05) is 6.54 Å². The van der Waals surface area contributed by atoms with Crippen LogP contribution >= 0.6 is 11.6 Å². The zero-order chi connectivity index (χ0) is 16.8. The summed E-state index contributed by atoms with van der Waals surface area (Å²) in [5.41, 5.74) is 0.517. The van der Waals surface area contributed by atoms with E-state index in [1.54, 1.807) is 5.32 Å². The summed E-state index contributed by atoms with van der Waals surface area (Å²) in [7, 11) is 0. The summed E-state index contributed by atoms with van der Waals surface area (Å²) in [4.78, 5) is 22.4. The minimum absolute atomic E-state index is 0.00992. The van der Waals surface area contributed by atoms with Crippen LogP contribution in [0.3, 0.4) is 0 Å². The number of alkyl halides is 3. The standard InChI is InChI=1S/C12H12ClF4N3O2/c13-8-3-7(1-2-9(8)14)4-18-11(22)19-5-10(21)20-6-12(15,16)17/h1-3H,4-6H2,(H,20,21)(H2,18,19,22). The van der Waals surface area contributed by atoms with Crippen molar-refractivity contribution in [2.75, 3.05) is 13.1 Å². The lowest BCUT2D eigenvalue weighted by molar-refractivity contribution is -0.137. The molecular formula is C12H12ClF4N3O2. The third-order valence-corrected chi connectivity index (χ3v) is 2.62. The van der Waals surface area contributed by atoms with Crippen LogP contribution in [0.25, 0.3) is 0 Å². The van der Waals surface area contributed by atoms with E-state index >= 15 is 0 Å². The molecule has 10 heteroatoms. The molecule has 0 radical (unpaired) electrons. The lowest BCUT2D eigenvalue weighted by atomic mass is 10.2. The van der Waals surface area contributed by atoms with E-state index in [4.69, 9.17) is 11.6 Å². The quantitative estimate of drug-likeness (QED) is 0.717. The van der Waals surface area contributed by atoms with Crippen molar-refractivity contribution in [1.29, 1.82) is 0 Å². The van der Waals surface area contributed by atoms with E-state index in [9.17, 15) is 27.2 Å². The van der Waals surface area contributed by atoms with Crippen molar-refractivity contribution in [3.05, 3.63) is 34.6 Å². The number of urea groups is 1. The summed E-state index contributed by atoms with van der Waals surface area (Å²) in [6, 6.07) is 3.08. The number of hydrogen-bond donors (Lipinski definition) is 3. The van der Waals surface area contributed by atoms with Crippen molar-refractivity contribution in [1.82, 2.24) is 16.0 Å². The molecule has 0 saturated heterocycles. The fraction of sp³-hybridized carbons (Fsp3) is 0.333. The van der Waals surface area contributed by atoms with Gasteiger partial charge in [-0.2, -0.15) is 13.2 Å². The zero-order valence-electron chi connectivity index (χ0n) is 11.1. The minimum atomic E-state index is -4.51. The first-order valence-corrected chi connectivity index (χ1v) is 6.34. The molecule has 0 heterocycles. The van der Waals surface area contributed by atoms with Crippen molar-refractivity contribution >= 4 is 23.5 Å². The molecule has 0 aliphatic heterocycles. The molecule has 0 saturated carbocycles. The Labute approximate surface area is 128 Å². The van der Waals surface area contributed by atoms with Gasteiger partial charge >= 0.3 is 12.2 Å². The molecule has 22 heavy (non-hydrogen) atoms. The highest BCUT2D eigenvalue weighted by molar-refractivity contribution is 6.30. The van der Waals surface area contributed by atoms with Crippen LogP contribution in [0.15, 0.2) is 18.2 Å². The fourth-order valence-corrected chi connectivity index (χ4v) is 1.52. The number of halogens is 5. The summed E-state index contributed by atoms with van der Waals surface area (Å²) in [6.45, 7) is -2.06. The molecule has 0 aromatic heterocycles. The van der Waals surface area contributed by atoms with Crippen LogP contribution < -0.4 is 16.0 Å². The van der Waals surface area contributed by atoms with E-state index < -0.39 is 37.0 Å². The number of amides is 3. The van der Waals surface area contributed by atoms with Crippen molar-refractivity contribution in [2.24, 2.45) is 0 Å². The first-order chi connectivity index (χ1) is 10.2. The van der Waals surface area contributed by atoms with Gasteiger partial charge in [-0.25, -0.2) is 9.18 Å². The van der Waals surface area contributed by atoms with E-state index in [1.807, 2.05) is 0 Å². The maximum absolute atomic E-state index is 12.9. The van der Waals surface area contributed by atoms with Crippen molar-refractivity contribution in [3.8, 4) is 0 Å². The second-order valence-corrected chi connectivity index (χ2v) is 4.58. The second-order valence-electron chi connectivity index (χ2n) is 4.18. The van der Waals surface area contributed by atoms with Gasteiger partial charge in [0.25, 0.3) is 0 Å². The Kier molecular flexibility index (Phi) is 6.41. The molecule has 0 unspecified atom stereocenters. The van der Waals surface area contributed by atoms with Gasteiger partial charge in [0.05, 0.1) is 11.6 Å². The van der Waals surface area contributed by atoms with E-state index in [2.05, 4.69) is 10.6 Å². The van der Waals surface area contributed by atoms with Gasteiger partial charge in [-0.15, -0.1) is 0 Å². The summed E-state index contributed by atoms with van der Waals surface area (Å²) in [5.74, 6) is -1.58. The highest BCUT2D eigenvalue weighted by Crippen LogP contribution is 2.15. The molecule has 0 spiro atoms. The van der Waals surface area contributed by atoms with E-state index in [1.165, 1.54) is 12.1 Å². The van der Waals surface area contributed by atoms with Crippen LogP contribution in [-0.4, -0.2) is 31.2 Å². The smallest absolute Gasteiger partial charge is 0.345 e. The highest BCUT2D eigenvalue weighted by Gasteiger charge is 2.27. The number of benzene rings is 1. The minimum Gasteiger partial charge on any atom is -0.345 e. The molecular weight excluding hydrogens is 330 g/mol. The Hall–Kier alpha value is -2.03. The largest absolute Gasteiger partial charge is 0.405 e. The van der Waals surface area contributed by atoms with Gasteiger partial charge in [-0.05, 0) is 17.7 Å². The third-order valence-electron chi connectivity index (χ3n) is 2.33. The lowest BCUT2D eigenvalue weighted by Gasteiger charge is -2.10. The van der Waals surface area contributed by atoms with E-state index in [0.717, 1.165) is 6.07 Å². The molecule has 3 amide bonds. The molecule has 0 bridgehead atoms. The topological polar surface area (TPSA) is 70.2 Å². The Morgan fingerprint density at radius 2 is 1.82 bits per heavy atom. The Morgan fingerprint density at radius 3 is 2.41 bits per heavy atom. The molecule has 1 aromatic carbocycles. The second kappa shape index (κ2) is 7.83. The lowest BCUT2D eigenvalue weighted by Crippen LogP contribution is -2.43. The van der Waals surface area contributed by atoms with Crippen molar-refractivity contribution in [2.45, 2.75) is 12.7 Å². The van der Waals surface area contributed by atoms with Crippen LogP contribution in [0, 0.1) is 5.82 Å². The molecule has 1 aromatic rings. The molecule has 5 nitrogen and oxygen atoms in total.